The van der Waals surface area contributed by atoms with Gasteiger partial charge in [-0.15, -0.1) is 0 Å². The van der Waals surface area contributed by atoms with Crippen molar-refractivity contribution in [2.45, 2.75) is 71.6 Å². The van der Waals surface area contributed by atoms with E-state index in [-0.39, 0.29) is 11.1 Å². The topological polar surface area (TPSA) is 24.5 Å². The molecule has 0 aromatic rings. The predicted molar refractivity (Wildman–Crippen MR) is 80.2 cm³/mol. The molecule has 0 spiro atoms. The van der Waals surface area contributed by atoms with Gasteiger partial charge in [0.1, 0.15) is 0 Å². The molecule has 0 rings (SSSR count). The molecule has 1 atom stereocenters. The quantitative estimate of drug-likeness (QED) is 0.678. The summed E-state index contributed by atoms with van der Waals surface area (Å²) in [7, 11) is 4.20. The standard InChI is InChI=1S/C15H34N2O/c1-13(10-9-11-16-14(2,3)4)18-12-15(5,6)17(7)8/h13,16H,9-12H2,1-8H3. The highest BCUT2D eigenvalue weighted by atomic mass is 16.5. The SMILES string of the molecule is CC(CCCNC(C)(C)C)OCC(C)(C)N(C)C. The van der Waals surface area contributed by atoms with Crippen molar-refractivity contribution in [3.63, 3.8) is 0 Å². The van der Waals surface area contributed by atoms with E-state index in [0.717, 1.165) is 19.6 Å². The molecule has 0 radical (unpaired) electrons. The number of nitrogens with one attached hydrogen (secondary N) is 1. The summed E-state index contributed by atoms with van der Waals surface area (Å²) in [5.74, 6) is 0. The molecular weight excluding hydrogens is 224 g/mol. The molecule has 1 N–H and O–H groups in total. The van der Waals surface area contributed by atoms with Crippen LogP contribution in [0.5, 0.6) is 0 Å². The number of nitrogens with zero attached hydrogens (tertiary/aromatic N) is 1. The fourth-order valence-corrected chi connectivity index (χ4v) is 1.41. The van der Waals surface area contributed by atoms with E-state index in [4.69, 9.17) is 4.74 Å². The lowest BCUT2D eigenvalue weighted by Gasteiger charge is -2.33. The van der Waals surface area contributed by atoms with Crippen molar-refractivity contribution in [2.24, 2.45) is 0 Å². The number of ether oxygens (including phenoxy) is 1. The minimum absolute atomic E-state index is 0.109. The van der Waals surface area contributed by atoms with Crippen LogP contribution >= 0.6 is 0 Å². The maximum atomic E-state index is 5.93. The first kappa shape index (κ1) is 17.9. The van der Waals surface area contributed by atoms with Gasteiger partial charge < -0.3 is 15.0 Å². The van der Waals surface area contributed by atoms with Gasteiger partial charge in [0.2, 0.25) is 0 Å². The van der Waals surface area contributed by atoms with Gasteiger partial charge in [-0.05, 0) is 75.0 Å². The molecule has 0 aliphatic carbocycles. The van der Waals surface area contributed by atoms with Crippen molar-refractivity contribution in [3.05, 3.63) is 0 Å². The van der Waals surface area contributed by atoms with Gasteiger partial charge in [0.25, 0.3) is 0 Å². The Bertz CT molecular complexity index is 219. The molecule has 0 saturated carbocycles. The summed E-state index contributed by atoms with van der Waals surface area (Å²) in [6.45, 7) is 15.0. The fourth-order valence-electron chi connectivity index (χ4n) is 1.41. The first-order valence-electron chi connectivity index (χ1n) is 7.09. The van der Waals surface area contributed by atoms with Gasteiger partial charge >= 0.3 is 0 Å². The maximum absolute atomic E-state index is 5.93. The number of likely N-dealkylation sites (N-methyl/N-ethyl adjacent to an activating group) is 1. The molecule has 3 heteroatoms. The number of hydrogen-bond acceptors (Lipinski definition) is 3. The lowest BCUT2D eigenvalue weighted by molar-refractivity contribution is -0.00754. The van der Waals surface area contributed by atoms with Gasteiger partial charge in [0.05, 0.1) is 12.7 Å². The van der Waals surface area contributed by atoms with Crippen molar-refractivity contribution in [1.29, 1.82) is 0 Å². The minimum atomic E-state index is 0.109. The van der Waals surface area contributed by atoms with Crippen LogP contribution in [0.2, 0.25) is 0 Å². The van der Waals surface area contributed by atoms with Crippen LogP contribution in [0.25, 0.3) is 0 Å². The van der Waals surface area contributed by atoms with E-state index in [1.165, 1.54) is 6.42 Å². The van der Waals surface area contributed by atoms with E-state index in [2.05, 4.69) is 65.9 Å². The van der Waals surface area contributed by atoms with Crippen LogP contribution in [-0.4, -0.2) is 49.3 Å². The Morgan fingerprint density at radius 1 is 1.11 bits per heavy atom. The smallest absolute Gasteiger partial charge is 0.0648 e. The van der Waals surface area contributed by atoms with Crippen molar-refractivity contribution in [2.75, 3.05) is 27.2 Å². The monoisotopic (exact) mass is 258 g/mol. The summed E-state index contributed by atoms with van der Waals surface area (Å²) < 4.78 is 5.93. The molecule has 0 aromatic heterocycles. The number of hydrogen-bond donors (Lipinski definition) is 1. The van der Waals surface area contributed by atoms with Crippen LogP contribution in [0.4, 0.5) is 0 Å². The van der Waals surface area contributed by atoms with E-state index in [1.54, 1.807) is 0 Å². The third-order valence-corrected chi connectivity index (χ3v) is 3.37. The second kappa shape index (κ2) is 7.46. The van der Waals surface area contributed by atoms with Crippen LogP contribution in [0.1, 0.15) is 54.4 Å². The fraction of sp³-hybridized carbons (Fsp3) is 1.00. The maximum Gasteiger partial charge on any atom is 0.0648 e. The molecule has 0 amide bonds. The molecule has 0 aliphatic rings. The summed E-state index contributed by atoms with van der Waals surface area (Å²) in [6.07, 6.45) is 2.62. The highest BCUT2D eigenvalue weighted by molar-refractivity contribution is 4.76. The van der Waals surface area contributed by atoms with Gasteiger partial charge in [0.15, 0.2) is 0 Å². The van der Waals surface area contributed by atoms with Crippen molar-refractivity contribution >= 4 is 0 Å². The average Bonchev–Trinajstić information content (AvgIpc) is 2.20. The predicted octanol–water partition coefficient (Wildman–Crippen LogP) is 2.90. The first-order valence-corrected chi connectivity index (χ1v) is 7.09. The lowest BCUT2D eigenvalue weighted by Crippen LogP contribution is -2.43. The molecular formula is C15H34N2O. The summed E-state index contributed by atoms with van der Waals surface area (Å²) in [5.41, 5.74) is 0.328. The van der Waals surface area contributed by atoms with E-state index in [0.29, 0.717) is 6.10 Å². The highest BCUT2D eigenvalue weighted by Crippen LogP contribution is 2.13. The molecule has 3 nitrogen and oxygen atoms in total. The van der Waals surface area contributed by atoms with Gasteiger partial charge in [0, 0.05) is 11.1 Å². The largest absolute Gasteiger partial charge is 0.377 e. The van der Waals surface area contributed by atoms with Gasteiger partial charge in [-0.25, -0.2) is 0 Å². The Balaban J connectivity index is 3.70. The van der Waals surface area contributed by atoms with Crippen LogP contribution in [0.15, 0.2) is 0 Å². The van der Waals surface area contributed by atoms with E-state index < -0.39 is 0 Å². The number of rotatable bonds is 8. The summed E-state index contributed by atoms with van der Waals surface area (Å²) in [6, 6.07) is 0. The zero-order valence-corrected chi connectivity index (χ0v) is 13.8. The lowest BCUT2D eigenvalue weighted by atomic mass is 10.1. The molecule has 0 fully saturated rings. The molecule has 18 heavy (non-hydrogen) atoms. The van der Waals surface area contributed by atoms with Crippen LogP contribution < -0.4 is 5.32 Å². The first-order chi connectivity index (χ1) is 8.04. The molecule has 110 valence electrons. The third kappa shape index (κ3) is 8.90. The second-order valence-electron chi connectivity index (χ2n) is 7.15. The van der Waals surface area contributed by atoms with Crippen molar-refractivity contribution in [1.82, 2.24) is 10.2 Å². The van der Waals surface area contributed by atoms with E-state index in [9.17, 15) is 0 Å². The van der Waals surface area contributed by atoms with Crippen LogP contribution in [0.3, 0.4) is 0 Å². The van der Waals surface area contributed by atoms with Crippen molar-refractivity contribution in [3.8, 4) is 0 Å². The Morgan fingerprint density at radius 2 is 1.67 bits per heavy atom. The summed E-state index contributed by atoms with van der Waals surface area (Å²) in [4.78, 5) is 2.21. The zero-order valence-electron chi connectivity index (χ0n) is 13.8. The Labute approximate surface area is 114 Å². The molecule has 1 unspecified atom stereocenters. The highest BCUT2D eigenvalue weighted by Gasteiger charge is 2.21. The Hall–Kier alpha value is -0.120. The zero-order chi connectivity index (χ0) is 14.4. The Kier molecular flexibility index (Phi) is 7.41. The van der Waals surface area contributed by atoms with Gasteiger partial charge in [-0.2, -0.15) is 0 Å². The Morgan fingerprint density at radius 3 is 2.11 bits per heavy atom. The average molecular weight is 258 g/mol. The molecule has 0 bridgehead atoms. The van der Waals surface area contributed by atoms with E-state index >= 15 is 0 Å². The summed E-state index contributed by atoms with van der Waals surface area (Å²) in [5, 5.41) is 3.50. The minimum Gasteiger partial charge on any atom is -0.377 e. The van der Waals surface area contributed by atoms with Gasteiger partial charge in [-0.1, -0.05) is 0 Å². The summed E-state index contributed by atoms with van der Waals surface area (Å²) >= 11 is 0. The normalized spacial score (nSPS) is 15.2. The van der Waals surface area contributed by atoms with Gasteiger partial charge in [-0.3, -0.25) is 0 Å². The van der Waals surface area contributed by atoms with E-state index in [1.807, 2.05) is 0 Å². The molecule has 0 aromatic carbocycles. The third-order valence-electron chi connectivity index (χ3n) is 3.37. The second-order valence-corrected chi connectivity index (χ2v) is 7.15. The van der Waals surface area contributed by atoms with Crippen LogP contribution in [-0.2, 0) is 4.74 Å². The van der Waals surface area contributed by atoms with Crippen molar-refractivity contribution < 1.29 is 4.74 Å². The molecule has 0 aliphatic heterocycles. The molecule has 0 saturated heterocycles. The molecule has 0 heterocycles. The van der Waals surface area contributed by atoms with Crippen LogP contribution in [0, 0.1) is 0 Å².